The zero-order chi connectivity index (χ0) is 15.1. The van der Waals surface area contributed by atoms with Gasteiger partial charge in [0.05, 0.1) is 13.5 Å². The van der Waals surface area contributed by atoms with Gasteiger partial charge in [0.25, 0.3) is 0 Å². The van der Waals surface area contributed by atoms with Gasteiger partial charge in [-0.25, -0.2) is 0 Å². The van der Waals surface area contributed by atoms with Crippen LogP contribution in [0.2, 0.25) is 0 Å². The van der Waals surface area contributed by atoms with Gasteiger partial charge in [0.1, 0.15) is 11.5 Å². The van der Waals surface area contributed by atoms with E-state index in [2.05, 4.69) is 4.74 Å². The molecule has 0 bridgehead atoms. The maximum atomic E-state index is 12.1. The van der Waals surface area contributed by atoms with Crippen LogP contribution in [0.4, 0.5) is 0 Å². The first-order valence-electron chi connectivity index (χ1n) is 6.21. The highest BCUT2D eigenvalue weighted by atomic mass is 32.1. The van der Waals surface area contributed by atoms with Crippen molar-refractivity contribution < 1.29 is 14.3 Å². The van der Waals surface area contributed by atoms with Crippen molar-refractivity contribution in [3.8, 4) is 0 Å². The van der Waals surface area contributed by atoms with Crippen LogP contribution in [0.25, 0.3) is 0 Å². The zero-order valence-corrected chi connectivity index (χ0v) is 12.4. The fourth-order valence-corrected chi connectivity index (χ4v) is 1.81. The number of thiocarbonyl (C=S) groups is 1. The fraction of sp³-hybridized carbons (Fsp3) is 0.357. The third-order valence-electron chi connectivity index (χ3n) is 2.88. The van der Waals surface area contributed by atoms with Gasteiger partial charge in [-0.1, -0.05) is 36.5 Å². The van der Waals surface area contributed by atoms with Crippen LogP contribution in [0.1, 0.15) is 18.1 Å². The number of rotatable bonds is 6. The van der Waals surface area contributed by atoms with Crippen molar-refractivity contribution in [2.45, 2.75) is 13.3 Å². The Morgan fingerprint density at radius 3 is 2.35 bits per heavy atom. The number of amides is 1. The van der Waals surface area contributed by atoms with Gasteiger partial charge in [0.15, 0.2) is 0 Å². The van der Waals surface area contributed by atoms with E-state index in [9.17, 15) is 9.59 Å². The smallest absolute Gasteiger partial charge is 0.325 e. The molecule has 1 aromatic carbocycles. The van der Waals surface area contributed by atoms with Gasteiger partial charge in [0.2, 0.25) is 5.91 Å². The maximum Gasteiger partial charge on any atom is 0.325 e. The van der Waals surface area contributed by atoms with Crippen LogP contribution in [0.5, 0.6) is 0 Å². The lowest BCUT2D eigenvalue weighted by molar-refractivity contribution is -0.146. The van der Waals surface area contributed by atoms with Crippen molar-refractivity contribution in [1.29, 1.82) is 0 Å². The number of hydrogen-bond donors (Lipinski definition) is 1. The summed E-state index contributed by atoms with van der Waals surface area (Å²) in [6, 6.07) is 7.17. The van der Waals surface area contributed by atoms with Crippen molar-refractivity contribution in [3.05, 3.63) is 35.4 Å². The number of ether oxygens (including phenoxy) is 1. The molecule has 0 aliphatic heterocycles. The van der Waals surface area contributed by atoms with Crippen LogP contribution in [-0.4, -0.2) is 42.0 Å². The van der Waals surface area contributed by atoms with Gasteiger partial charge in [-0.05, 0) is 12.5 Å². The minimum absolute atomic E-state index is 0.0309. The Hall–Kier alpha value is -1.95. The van der Waals surface area contributed by atoms with Crippen LogP contribution in [0, 0.1) is 0 Å². The second-order valence-electron chi connectivity index (χ2n) is 4.22. The second kappa shape index (κ2) is 7.59. The summed E-state index contributed by atoms with van der Waals surface area (Å²) in [6.07, 6.45) is 0.225. The molecule has 0 saturated carbocycles. The normalized spacial score (nSPS) is 9.90. The van der Waals surface area contributed by atoms with E-state index in [1.54, 1.807) is 24.3 Å². The highest BCUT2D eigenvalue weighted by Gasteiger charge is 2.16. The van der Waals surface area contributed by atoms with Crippen LogP contribution < -0.4 is 5.73 Å². The molecule has 0 fully saturated rings. The number of likely N-dealkylation sites (N-methyl/N-ethyl adjacent to an activating group) is 1. The molecule has 0 spiro atoms. The van der Waals surface area contributed by atoms with E-state index < -0.39 is 5.97 Å². The van der Waals surface area contributed by atoms with E-state index >= 15 is 0 Å². The van der Waals surface area contributed by atoms with Crippen molar-refractivity contribution in [2.75, 3.05) is 20.2 Å². The van der Waals surface area contributed by atoms with Crippen LogP contribution in [0.15, 0.2) is 24.3 Å². The molecule has 1 rings (SSSR count). The molecule has 0 aromatic heterocycles. The summed E-state index contributed by atoms with van der Waals surface area (Å²) >= 11 is 4.87. The Kier molecular flexibility index (Phi) is 6.11. The average Bonchev–Trinajstić information content (AvgIpc) is 2.44. The molecule has 0 saturated heterocycles. The maximum absolute atomic E-state index is 12.1. The fourth-order valence-electron chi connectivity index (χ4n) is 1.67. The first-order valence-corrected chi connectivity index (χ1v) is 6.62. The molecule has 0 unspecified atom stereocenters. The molecular weight excluding hydrogens is 276 g/mol. The van der Waals surface area contributed by atoms with Gasteiger partial charge >= 0.3 is 5.97 Å². The highest BCUT2D eigenvalue weighted by Crippen LogP contribution is 2.07. The second-order valence-corrected chi connectivity index (χ2v) is 4.66. The summed E-state index contributed by atoms with van der Waals surface area (Å²) in [5, 5.41) is 0. The number of esters is 1. The van der Waals surface area contributed by atoms with Gasteiger partial charge in [-0.3, -0.25) is 9.59 Å². The Morgan fingerprint density at radius 2 is 1.90 bits per heavy atom. The molecule has 0 aliphatic carbocycles. The summed E-state index contributed by atoms with van der Waals surface area (Å²) in [7, 11) is 1.30. The molecule has 1 amide bonds. The molecule has 6 heteroatoms. The number of benzene rings is 1. The first kappa shape index (κ1) is 16.1. The van der Waals surface area contributed by atoms with Crippen LogP contribution in [0.3, 0.4) is 0 Å². The highest BCUT2D eigenvalue weighted by molar-refractivity contribution is 7.80. The summed E-state index contributed by atoms with van der Waals surface area (Å²) in [5.41, 5.74) is 7.12. The van der Waals surface area contributed by atoms with Gasteiger partial charge in [-0.2, -0.15) is 0 Å². The molecule has 0 aliphatic rings. The third kappa shape index (κ3) is 4.62. The number of methoxy groups -OCH3 is 1. The lowest BCUT2D eigenvalue weighted by Crippen LogP contribution is -2.37. The van der Waals surface area contributed by atoms with Gasteiger partial charge in [0, 0.05) is 12.1 Å². The van der Waals surface area contributed by atoms with Gasteiger partial charge in [-0.15, -0.1) is 0 Å². The van der Waals surface area contributed by atoms with Crippen molar-refractivity contribution in [2.24, 2.45) is 5.73 Å². The molecule has 0 radical (unpaired) electrons. The van der Waals surface area contributed by atoms with E-state index in [0.717, 1.165) is 11.1 Å². The summed E-state index contributed by atoms with van der Waals surface area (Å²) in [6.45, 7) is 2.24. The first-order chi connectivity index (χ1) is 9.47. The standard InChI is InChI=1S/C14H18N2O3S/c1-3-16(9-13(18)19-2)12(17)8-10-4-6-11(7-5-10)14(15)20/h4-7H,3,8-9H2,1-2H3,(H2,15,20). The van der Waals surface area contributed by atoms with E-state index in [1.807, 2.05) is 6.92 Å². The van der Waals surface area contributed by atoms with Gasteiger partial charge < -0.3 is 15.4 Å². The molecule has 108 valence electrons. The molecule has 5 nitrogen and oxygen atoms in total. The van der Waals surface area contributed by atoms with E-state index in [1.165, 1.54) is 12.0 Å². The molecule has 0 heterocycles. The number of carbonyl (C=O) groups is 2. The Balaban J connectivity index is 2.68. The molecule has 0 atom stereocenters. The lowest BCUT2D eigenvalue weighted by atomic mass is 10.1. The van der Waals surface area contributed by atoms with Crippen LogP contribution in [-0.2, 0) is 20.7 Å². The number of hydrogen-bond acceptors (Lipinski definition) is 4. The van der Waals surface area contributed by atoms with Crippen molar-refractivity contribution in [3.63, 3.8) is 0 Å². The number of nitrogens with zero attached hydrogens (tertiary/aromatic N) is 1. The van der Waals surface area contributed by atoms with E-state index in [-0.39, 0.29) is 18.9 Å². The lowest BCUT2D eigenvalue weighted by Gasteiger charge is -2.19. The molecular formula is C14H18N2O3S. The minimum Gasteiger partial charge on any atom is -0.468 e. The number of nitrogens with two attached hydrogens (primary N) is 1. The minimum atomic E-state index is -0.427. The Bertz CT molecular complexity index is 500. The topological polar surface area (TPSA) is 72.6 Å². The average molecular weight is 294 g/mol. The SMILES string of the molecule is CCN(CC(=O)OC)C(=O)Cc1ccc(C(N)=S)cc1. The Labute approximate surface area is 123 Å². The van der Waals surface area contributed by atoms with Crippen molar-refractivity contribution in [1.82, 2.24) is 4.90 Å². The summed E-state index contributed by atoms with van der Waals surface area (Å²) < 4.78 is 4.56. The summed E-state index contributed by atoms with van der Waals surface area (Å²) in [5.74, 6) is -0.551. The van der Waals surface area contributed by atoms with Crippen LogP contribution >= 0.6 is 12.2 Å². The Morgan fingerprint density at radius 1 is 1.30 bits per heavy atom. The van der Waals surface area contributed by atoms with E-state index in [4.69, 9.17) is 18.0 Å². The monoisotopic (exact) mass is 294 g/mol. The quantitative estimate of drug-likeness (QED) is 0.623. The van der Waals surface area contributed by atoms with Crippen molar-refractivity contribution >= 4 is 29.1 Å². The van der Waals surface area contributed by atoms with E-state index in [0.29, 0.717) is 11.5 Å². The predicted molar refractivity (Wildman–Crippen MR) is 80.3 cm³/mol. The summed E-state index contributed by atoms with van der Waals surface area (Å²) in [4.78, 5) is 25.1. The molecule has 20 heavy (non-hydrogen) atoms. The number of carbonyl (C=O) groups excluding carboxylic acids is 2. The molecule has 1 aromatic rings. The third-order valence-corrected chi connectivity index (χ3v) is 3.11. The zero-order valence-electron chi connectivity index (χ0n) is 11.6. The predicted octanol–water partition coefficient (Wildman–Crippen LogP) is 0.885. The molecule has 2 N–H and O–H groups in total. The largest absolute Gasteiger partial charge is 0.468 e.